The van der Waals surface area contributed by atoms with Crippen molar-refractivity contribution in [2.45, 2.75) is 78.0 Å². The molecule has 3 atom stereocenters. The lowest BCUT2D eigenvalue weighted by molar-refractivity contribution is -0.108. The summed E-state index contributed by atoms with van der Waals surface area (Å²) in [6.45, 7) is 11.3. The lowest BCUT2D eigenvalue weighted by Crippen LogP contribution is -2.48. The smallest absolute Gasteiger partial charge is 0.0737 e. The average molecular weight is 241 g/mol. The van der Waals surface area contributed by atoms with E-state index in [1.54, 1.807) is 0 Å². The van der Waals surface area contributed by atoms with E-state index in [2.05, 4.69) is 47.0 Å². The van der Waals surface area contributed by atoms with Gasteiger partial charge < -0.3 is 10.1 Å². The first-order valence-electron chi connectivity index (χ1n) is 7.24. The fraction of sp³-hybridized carbons (Fsp3) is 1.00. The fourth-order valence-corrected chi connectivity index (χ4v) is 2.72. The second-order valence-corrected chi connectivity index (χ2v) is 6.48. The van der Waals surface area contributed by atoms with Crippen molar-refractivity contribution < 1.29 is 4.74 Å². The van der Waals surface area contributed by atoms with Crippen molar-refractivity contribution in [3.05, 3.63) is 0 Å². The van der Waals surface area contributed by atoms with Crippen LogP contribution in [0.1, 0.15) is 60.3 Å². The Morgan fingerprint density at radius 3 is 2.41 bits per heavy atom. The van der Waals surface area contributed by atoms with Crippen LogP contribution in [0.15, 0.2) is 0 Å². The molecule has 0 aliphatic heterocycles. The molecule has 0 aromatic heterocycles. The third-order valence-electron chi connectivity index (χ3n) is 4.47. The van der Waals surface area contributed by atoms with Crippen molar-refractivity contribution in [1.82, 2.24) is 5.32 Å². The highest BCUT2D eigenvalue weighted by Crippen LogP contribution is 2.34. The number of hydrogen-bond donors (Lipinski definition) is 1. The van der Waals surface area contributed by atoms with Crippen LogP contribution in [-0.4, -0.2) is 24.8 Å². The molecule has 1 aliphatic rings. The molecular weight excluding hydrogens is 210 g/mol. The molecule has 1 N–H and O–H groups in total. The monoisotopic (exact) mass is 241 g/mol. The van der Waals surface area contributed by atoms with Crippen LogP contribution >= 0.6 is 0 Å². The molecule has 0 heterocycles. The number of rotatable bonds is 5. The van der Waals surface area contributed by atoms with Gasteiger partial charge in [0.25, 0.3) is 0 Å². The summed E-state index contributed by atoms with van der Waals surface area (Å²) in [6, 6.07) is 0.538. The highest BCUT2D eigenvalue weighted by Gasteiger charge is 2.34. The topological polar surface area (TPSA) is 21.3 Å². The van der Waals surface area contributed by atoms with Crippen LogP contribution in [0, 0.1) is 11.8 Å². The van der Waals surface area contributed by atoms with E-state index in [1.165, 1.54) is 19.3 Å². The zero-order chi connectivity index (χ0) is 13.1. The molecule has 1 saturated carbocycles. The maximum atomic E-state index is 6.35. The van der Waals surface area contributed by atoms with Crippen LogP contribution in [0.2, 0.25) is 0 Å². The van der Waals surface area contributed by atoms with Crippen LogP contribution < -0.4 is 5.32 Å². The normalized spacial score (nSPS) is 30.9. The minimum absolute atomic E-state index is 0.0125. The van der Waals surface area contributed by atoms with Crippen LogP contribution in [0.4, 0.5) is 0 Å². The molecule has 2 heteroatoms. The van der Waals surface area contributed by atoms with E-state index in [1.807, 2.05) is 0 Å². The molecule has 0 saturated heterocycles. The third kappa shape index (κ3) is 4.26. The second-order valence-electron chi connectivity index (χ2n) is 6.48. The van der Waals surface area contributed by atoms with Crippen molar-refractivity contribution in [1.29, 1.82) is 0 Å². The Balaban J connectivity index is 2.63. The van der Waals surface area contributed by atoms with Gasteiger partial charge in [0.15, 0.2) is 0 Å². The second kappa shape index (κ2) is 6.19. The molecule has 1 rings (SSSR count). The highest BCUT2D eigenvalue weighted by atomic mass is 16.5. The van der Waals surface area contributed by atoms with Gasteiger partial charge in [-0.05, 0) is 58.4 Å². The van der Waals surface area contributed by atoms with E-state index >= 15 is 0 Å². The lowest BCUT2D eigenvalue weighted by atomic mass is 9.78. The quantitative estimate of drug-likeness (QED) is 0.794. The Morgan fingerprint density at radius 1 is 1.29 bits per heavy atom. The molecule has 3 unspecified atom stereocenters. The van der Waals surface area contributed by atoms with Crippen LogP contribution in [0.5, 0.6) is 0 Å². The summed E-state index contributed by atoms with van der Waals surface area (Å²) in [5, 5.41) is 3.44. The van der Waals surface area contributed by atoms with Crippen molar-refractivity contribution in [3.8, 4) is 0 Å². The predicted molar refractivity (Wildman–Crippen MR) is 74.3 cm³/mol. The zero-order valence-electron chi connectivity index (χ0n) is 12.5. The number of hydrogen-bond acceptors (Lipinski definition) is 2. The van der Waals surface area contributed by atoms with E-state index < -0.39 is 0 Å². The first kappa shape index (κ1) is 15.0. The van der Waals surface area contributed by atoms with Gasteiger partial charge in [-0.3, -0.25) is 0 Å². The number of ether oxygens (including phenoxy) is 1. The van der Waals surface area contributed by atoms with Gasteiger partial charge in [-0.15, -0.1) is 0 Å². The SMILES string of the molecule is CCC(C)(C)OC1CC(C(C)C)CCC1NC. The van der Waals surface area contributed by atoms with Crippen molar-refractivity contribution in [2.75, 3.05) is 7.05 Å². The molecular formula is C15H31NO. The molecule has 1 fully saturated rings. The van der Waals surface area contributed by atoms with Gasteiger partial charge in [0.05, 0.1) is 11.7 Å². The largest absolute Gasteiger partial charge is 0.371 e. The van der Waals surface area contributed by atoms with Gasteiger partial charge in [0, 0.05) is 6.04 Å². The maximum Gasteiger partial charge on any atom is 0.0737 e. The zero-order valence-corrected chi connectivity index (χ0v) is 12.5. The highest BCUT2D eigenvalue weighted by molar-refractivity contribution is 4.87. The lowest BCUT2D eigenvalue weighted by Gasteiger charge is -2.41. The Hall–Kier alpha value is -0.0800. The Morgan fingerprint density at radius 2 is 1.94 bits per heavy atom. The predicted octanol–water partition coefficient (Wildman–Crippen LogP) is 3.60. The third-order valence-corrected chi connectivity index (χ3v) is 4.47. The van der Waals surface area contributed by atoms with Crippen LogP contribution in [0.25, 0.3) is 0 Å². The van der Waals surface area contributed by atoms with E-state index in [4.69, 9.17) is 4.74 Å². The van der Waals surface area contributed by atoms with Crippen molar-refractivity contribution in [2.24, 2.45) is 11.8 Å². The molecule has 0 aromatic rings. The Kier molecular flexibility index (Phi) is 5.46. The first-order valence-corrected chi connectivity index (χ1v) is 7.24. The summed E-state index contributed by atoms with van der Waals surface area (Å²) in [4.78, 5) is 0. The fourth-order valence-electron chi connectivity index (χ4n) is 2.72. The summed E-state index contributed by atoms with van der Waals surface area (Å²) in [5.41, 5.74) is 0.0125. The summed E-state index contributed by atoms with van der Waals surface area (Å²) in [6.07, 6.45) is 5.27. The van der Waals surface area contributed by atoms with E-state index in [0.717, 1.165) is 18.3 Å². The van der Waals surface area contributed by atoms with Gasteiger partial charge in [0.1, 0.15) is 0 Å². The molecule has 1 aliphatic carbocycles. The summed E-state index contributed by atoms with van der Waals surface area (Å²) in [7, 11) is 2.07. The Bertz CT molecular complexity index is 225. The van der Waals surface area contributed by atoms with E-state index in [0.29, 0.717) is 12.1 Å². The minimum Gasteiger partial charge on any atom is -0.371 e. The Labute approximate surface area is 108 Å². The summed E-state index contributed by atoms with van der Waals surface area (Å²) in [5.74, 6) is 1.61. The van der Waals surface area contributed by atoms with Gasteiger partial charge in [-0.2, -0.15) is 0 Å². The molecule has 0 radical (unpaired) electrons. The number of nitrogens with one attached hydrogen (secondary N) is 1. The van der Waals surface area contributed by atoms with Crippen LogP contribution in [0.3, 0.4) is 0 Å². The summed E-state index contributed by atoms with van der Waals surface area (Å²) < 4.78 is 6.35. The van der Waals surface area contributed by atoms with Crippen molar-refractivity contribution in [3.63, 3.8) is 0 Å². The molecule has 17 heavy (non-hydrogen) atoms. The molecule has 0 aromatic carbocycles. The molecule has 2 nitrogen and oxygen atoms in total. The van der Waals surface area contributed by atoms with E-state index in [9.17, 15) is 0 Å². The van der Waals surface area contributed by atoms with E-state index in [-0.39, 0.29) is 5.60 Å². The molecule has 102 valence electrons. The average Bonchev–Trinajstić information content (AvgIpc) is 2.28. The van der Waals surface area contributed by atoms with Gasteiger partial charge >= 0.3 is 0 Å². The van der Waals surface area contributed by atoms with Gasteiger partial charge in [-0.1, -0.05) is 20.8 Å². The van der Waals surface area contributed by atoms with Crippen LogP contribution in [-0.2, 0) is 4.74 Å². The van der Waals surface area contributed by atoms with Gasteiger partial charge in [0.2, 0.25) is 0 Å². The maximum absolute atomic E-state index is 6.35. The molecule has 0 spiro atoms. The first-order chi connectivity index (χ1) is 7.89. The van der Waals surface area contributed by atoms with Gasteiger partial charge in [-0.25, -0.2) is 0 Å². The minimum atomic E-state index is 0.0125. The molecule has 0 amide bonds. The molecule has 0 bridgehead atoms. The summed E-state index contributed by atoms with van der Waals surface area (Å²) >= 11 is 0. The van der Waals surface area contributed by atoms with Crippen molar-refractivity contribution >= 4 is 0 Å². The standard InChI is InChI=1S/C15H31NO/c1-7-15(4,5)17-14-10-12(11(2)3)8-9-13(14)16-6/h11-14,16H,7-10H2,1-6H3. The number of likely N-dealkylation sites (N-methyl/N-ethyl adjacent to an activating group) is 1.